The predicted molar refractivity (Wildman–Crippen MR) is 112 cm³/mol. The molecular formula is C20H18FN5O2S2. The molecular weight excluding hydrogens is 425 g/mol. The quantitative estimate of drug-likeness (QED) is 0.384. The molecule has 154 valence electrons. The summed E-state index contributed by atoms with van der Waals surface area (Å²) in [6, 6.07) is 8.23. The fourth-order valence-electron chi connectivity index (χ4n) is 3.31. The lowest BCUT2D eigenvalue weighted by Gasteiger charge is -2.14. The van der Waals surface area contributed by atoms with Crippen LogP contribution in [0.4, 0.5) is 4.39 Å². The average molecular weight is 444 g/mol. The predicted octanol–water partition coefficient (Wildman–Crippen LogP) is 4.67. The Balaban J connectivity index is 1.37. The van der Waals surface area contributed by atoms with E-state index in [0.717, 1.165) is 35.7 Å². The van der Waals surface area contributed by atoms with Gasteiger partial charge in [0.25, 0.3) is 5.89 Å². The van der Waals surface area contributed by atoms with Crippen LogP contribution in [0.5, 0.6) is 0 Å². The van der Waals surface area contributed by atoms with Gasteiger partial charge in [-0.05, 0) is 48.6 Å². The molecule has 1 aliphatic heterocycles. The molecule has 1 unspecified atom stereocenters. The van der Waals surface area contributed by atoms with Gasteiger partial charge in [0.15, 0.2) is 16.8 Å². The van der Waals surface area contributed by atoms with Gasteiger partial charge < -0.3 is 9.26 Å². The molecule has 3 aromatic heterocycles. The van der Waals surface area contributed by atoms with Gasteiger partial charge >= 0.3 is 0 Å². The second kappa shape index (κ2) is 8.66. The third-order valence-electron chi connectivity index (χ3n) is 4.80. The highest BCUT2D eigenvalue weighted by Gasteiger charge is 2.22. The van der Waals surface area contributed by atoms with Crippen molar-refractivity contribution in [2.45, 2.75) is 36.4 Å². The molecule has 0 saturated carbocycles. The second-order valence-corrected chi connectivity index (χ2v) is 8.60. The SMILES string of the molecule is Fc1ccc(-c2nnc(SCc3noc(-c4ccsc4)n3)n2CC2CCCO2)cc1. The van der Waals surface area contributed by atoms with Crippen LogP contribution in [0.1, 0.15) is 18.7 Å². The number of nitrogens with zero attached hydrogens (tertiary/aromatic N) is 5. The molecule has 1 saturated heterocycles. The maximum atomic E-state index is 13.4. The molecule has 30 heavy (non-hydrogen) atoms. The highest BCUT2D eigenvalue weighted by Crippen LogP contribution is 2.29. The van der Waals surface area contributed by atoms with Crippen molar-refractivity contribution >= 4 is 23.1 Å². The number of hydrogen-bond donors (Lipinski definition) is 0. The van der Waals surface area contributed by atoms with Crippen LogP contribution in [0.25, 0.3) is 22.8 Å². The van der Waals surface area contributed by atoms with Gasteiger partial charge in [0.05, 0.1) is 24.0 Å². The Morgan fingerprint density at radius 2 is 2.07 bits per heavy atom. The van der Waals surface area contributed by atoms with Crippen molar-refractivity contribution in [2.75, 3.05) is 6.61 Å². The molecule has 4 aromatic rings. The zero-order chi connectivity index (χ0) is 20.3. The normalized spacial score (nSPS) is 16.4. The van der Waals surface area contributed by atoms with E-state index in [2.05, 4.69) is 20.3 Å². The summed E-state index contributed by atoms with van der Waals surface area (Å²) in [6.07, 6.45) is 2.17. The highest BCUT2D eigenvalue weighted by molar-refractivity contribution is 7.98. The average Bonchev–Trinajstić information content (AvgIpc) is 3.55. The summed E-state index contributed by atoms with van der Waals surface area (Å²) >= 11 is 3.07. The van der Waals surface area contributed by atoms with E-state index < -0.39 is 0 Å². The van der Waals surface area contributed by atoms with E-state index in [4.69, 9.17) is 9.26 Å². The maximum Gasteiger partial charge on any atom is 0.258 e. The van der Waals surface area contributed by atoms with E-state index >= 15 is 0 Å². The maximum absolute atomic E-state index is 13.4. The topological polar surface area (TPSA) is 78.9 Å². The lowest BCUT2D eigenvalue weighted by atomic mass is 10.2. The Labute approximate surface area is 180 Å². The lowest BCUT2D eigenvalue weighted by Crippen LogP contribution is -2.16. The van der Waals surface area contributed by atoms with Gasteiger partial charge in [-0.25, -0.2) is 4.39 Å². The van der Waals surface area contributed by atoms with Crippen LogP contribution in [-0.2, 0) is 17.0 Å². The van der Waals surface area contributed by atoms with Crippen LogP contribution >= 0.6 is 23.1 Å². The number of rotatable bonds is 7. The van der Waals surface area contributed by atoms with Crippen molar-refractivity contribution in [3.63, 3.8) is 0 Å². The van der Waals surface area contributed by atoms with Crippen molar-refractivity contribution in [1.29, 1.82) is 0 Å². The molecule has 1 aromatic carbocycles. The first-order valence-electron chi connectivity index (χ1n) is 9.55. The number of thiophene rings is 1. The standard InChI is InChI=1S/C20H18FN5O2S2/c21-15-5-3-13(4-6-15)18-23-24-20(26(18)10-16-2-1-8-27-16)30-12-17-22-19(28-25-17)14-7-9-29-11-14/h3-7,9,11,16H,1-2,8,10,12H2. The van der Waals surface area contributed by atoms with Gasteiger partial charge in [0.1, 0.15) is 5.82 Å². The Hall–Kier alpha value is -2.56. The minimum atomic E-state index is -0.280. The molecule has 1 atom stereocenters. The highest BCUT2D eigenvalue weighted by atomic mass is 32.2. The first-order chi connectivity index (χ1) is 14.8. The molecule has 0 aliphatic carbocycles. The molecule has 0 spiro atoms. The third-order valence-corrected chi connectivity index (χ3v) is 6.44. The van der Waals surface area contributed by atoms with E-state index in [0.29, 0.717) is 29.8 Å². The van der Waals surface area contributed by atoms with Gasteiger partial charge in [-0.15, -0.1) is 10.2 Å². The van der Waals surface area contributed by atoms with Crippen molar-refractivity contribution in [2.24, 2.45) is 0 Å². The molecule has 0 radical (unpaired) electrons. The van der Waals surface area contributed by atoms with Crippen molar-refractivity contribution in [1.82, 2.24) is 24.9 Å². The fraction of sp³-hybridized carbons (Fsp3) is 0.300. The zero-order valence-electron chi connectivity index (χ0n) is 15.9. The number of benzene rings is 1. The smallest absolute Gasteiger partial charge is 0.258 e. The van der Waals surface area contributed by atoms with Gasteiger partial charge in [0.2, 0.25) is 0 Å². The summed E-state index contributed by atoms with van der Waals surface area (Å²) in [5.41, 5.74) is 1.73. The summed E-state index contributed by atoms with van der Waals surface area (Å²) in [5.74, 6) is 2.02. The largest absolute Gasteiger partial charge is 0.376 e. The monoisotopic (exact) mass is 443 g/mol. The minimum absolute atomic E-state index is 0.120. The van der Waals surface area contributed by atoms with Gasteiger partial charge in [-0.3, -0.25) is 4.57 Å². The Morgan fingerprint density at radius 3 is 2.83 bits per heavy atom. The van der Waals surface area contributed by atoms with Crippen LogP contribution in [-0.4, -0.2) is 37.6 Å². The lowest BCUT2D eigenvalue weighted by molar-refractivity contribution is 0.0953. The first-order valence-corrected chi connectivity index (χ1v) is 11.5. The van der Waals surface area contributed by atoms with E-state index in [1.54, 1.807) is 23.5 Å². The minimum Gasteiger partial charge on any atom is -0.376 e. The number of aromatic nitrogens is 5. The van der Waals surface area contributed by atoms with Crippen LogP contribution in [0.15, 0.2) is 50.8 Å². The Kier molecular flexibility index (Phi) is 5.60. The van der Waals surface area contributed by atoms with Crippen molar-refractivity contribution in [3.05, 3.63) is 52.7 Å². The van der Waals surface area contributed by atoms with Crippen LogP contribution in [0.3, 0.4) is 0 Å². The zero-order valence-corrected chi connectivity index (χ0v) is 17.5. The molecule has 0 bridgehead atoms. The van der Waals surface area contributed by atoms with E-state index in [1.807, 2.05) is 21.4 Å². The van der Waals surface area contributed by atoms with Crippen molar-refractivity contribution < 1.29 is 13.7 Å². The van der Waals surface area contributed by atoms with Crippen LogP contribution < -0.4 is 0 Å². The number of hydrogen-bond acceptors (Lipinski definition) is 8. The Bertz CT molecular complexity index is 1100. The summed E-state index contributed by atoms with van der Waals surface area (Å²) in [4.78, 5) is 4.46. The number of thioether (sulfide) groups is 1. The molecule has 1 fully saturated rings. The summed E-state index contributed by atoms with van der Waals surface area (Å²) < 4.78 is 26.6. The van der Waals surface area contributed by atoms with Crippen LogP contribution in [0, 0.1) is 5.82 Å². The Morgan fingerprint density at radius 1 is 1.17 bits per heavy atom. The summed E-state index contributed by atoms with van der Waals surface area (Å²) in [7, 11) is 0. The molecule has 5 rings (SSSR count). The third kappa shape index (κ3) is 4.16. The molecule has 1 aliphatic rings. The van der Waals surface area contributed by atoms with Crippen LogP contribution in [0.2, 0.25) is 0 Å². The van der Waals surface area contributed by atoms with E-state index in [-0.39, 0.29) is 11.9 Å². The van der Waals surface area contributed by atoms with Crippen molar-refractivity contribution in [3.8, 4) is 22.8 Å². The first kappa shape index (κ1) is 19.4. The van der Waals surface area contributed by atoms with Gasteiger partial charge in [-0.1, -0.05) is 16.9 Å². The fourth-order valence-corrected chi connectivity index (χ4v) is 4.73. The summed E-state index contributed by atoms with van der Waals surface area (Å²) in [6.45, 7) is 1.42. The second-order valence-electron chi connectivity index (χ2n) is 6.88. The van der Waals surface area contributed by atoms with E-state index in [1.165, 1.54) is 23.9 Å². The molecule has 0 amide bonds. The van der Waals surface area contributed by atoms with E-state index in [9.17, 15) is 4.39 Å². The molecule has 7 nitrogen and oxygen atoms in total. The number of halogens is 1. The molecule has 4 heterocycles. The van der Waals surface area contributed by atoms with Gasteiger partial charge in [-0.2, -0.15) is 16.3 Å². The number of ether oxygens (including phenoxy) is 1. The summed E-state index contributed by atoms with van der Waals surface area (Å²) in [5, 5.41) is 17.5. The molecule has 10 heteroatoms. The van der Waals surface area contributed by atoms with Gasteiger partial charge in [0, 0.05) is 17.6 Å². The molecule has 0 N–H and O–H groups in total.